The molecule has 1 N–H and O–H groups in total. The van der Waals surface area contributed by atoms with Gasteiger partial charge in [-0.25, -0.2) is 0 Å². The van der Waals surface area contributed by atoms with Gasteiger partial charge in [0.2, 0.25) is 0 Å². The van der Waals surface area contributed by atoms with Crippen molar-refractivity contribution in [3.63, 3.8) is 0 Å². The highest BCUT2D eigenvalue weighted by Gasteiger charge is 2.17. The van der Waals surface area contributed by atoms with Crippen LogP contribution in [-0.4, -0.2) is 10.5 Å². The molecule has 4 heteroatoms. The van der Waals surface area contributed by atoms with E-state index >= 15 is 0 Å². The summed E-state index contributed by atoms with van der Waals surface area (Å²) in [5.74, 6) is -0.248. The molecule has 0 fully saturated rings. The molecule has 1 unspecified atom stereocenters. The van der Waals surface area contributed by atoms with Crippen molar-refractivity contribution in [3.05, 3.63) is 118 Å². The summed E-state index contributed by atoms with van der Waals surface area (Å²) in [6, 6.07) is 26.8. The summed E-state index contributed by atoms with van der Waals surface area (Å²) >= 11 is 0. The van der Waals surface area contributed by atoms with E-state index in [0.717, 1.165) is 22.0 Å². The largest absolute Gasteiger partial charge is 0.345 e. The van der Waals surface area contributed by atoms with Crippen molar-refractivity contribution in [3.8, 4) is 0 Å². The summed E-state index contributed by atoms with van der Waals surface area (Å²) in [6.07, 6.45) is 0. The molecule has 4 nitrogen and oxygen atoms in total. The molecule has 0 radical (unpaired) electrons. The highest BCUT2D eigenvalue weighted by molar-refractivity contribution is 6.06. The average molecular weight is 396 g/mol. The Morgan fingerprint density at radius 2 is 1.60 bits per heavy atom. The lowest BCUT2D eigenvalue weighted by molar-refractivity contribution is 0.0941. The van der Waals surface area contributed by atoms with E-state index in [-0.39, 0.29) is 17.5 Å². The van der Waals surface area contributed by atoms with Crippen LogP contribution in [0.4, 0.5) is 0 Å². The molecule has 0 aliphatic heterocycles. The van der Waals surface area contributed by atoms with Gasteiger partial charge in [0.25, 0.3) is 11.5 Å². The Kier molecular flexibility index (Phi) is 5.48. The fourth-order valence-electron chi connectivity index (χ4n) is 3.66. The highest BCUT2D eigenvalue weighted by Crippen LogP contribution is 2.20. The molecule has 3 aromatic carbocycles. The van der Waals surface area contributed by atoms with Crippen LogP contribution in [0.1, 0.15) is 40.0 Å². The fraction of sp³-hybridized carbons (Fsp3) is 0.154. The minimum absolute atomic E-state index is 0.160. The van der Waals surface area contributed by atoms with Crippen LogP contribution in [0.2, 0.25) is 0 Å². The minimum Gasteiger partial charge on any atom is -0.345 e. The lowest BCUT2D eigenvalue weighted by Gasteiger charge is -2.17. The summed E-state index contributed by atoms with van der Waals surface area (Å²) in [4.78, 5) is 26.0. The van der Waals surface area contributed by atoms with Gasteiger partial charge in [-0.15, -0.1) is 0 Å². The zero-order valence-corrected chi connectivity index (χ0v) is 17.1. The van der Waals surface area contributed by atoms with Gasteiger partial charge in [-0.05, 0) is 31.0 Å². The molecular formula is C26H24N2O2. The second-order valence-electron chi connectivity index (χ2n) is 7.59. The maximum atomic E-state index is 13.0. The lowest BCUT2D eigenvalue weighted by atomic mass is 10.1. The van der Waals surface area contributed by atoms with Crippen LogP contribution in [0.5, 0.6) is 0 Å². The maximum Gasteiger partial charge on any atom is 0.252 e. The van der Waals surface area contributed by atoms with E-state index in [2.05, 4.69) is 5.32 Å². The van der Waals surface area contributed by atoms with Gasteiger partial charge in [-0.2, -0.15) is 0 Å². The third-order valence-corrected chi connectivity index (χ3v) is 5.37. The van der Waals surface area contributed by atoms with E-state index in [0.29, 0.717) is 12.1 Å². The van der Waals surface area contributed by atoms with Crippen molar-refractivity contribution in [1.82, 2.24) is 9.88 Å². The molecule has 4 aromatic rings. The van der Waals surface area contributed by atoms with Crippen LogP contribution >= 0.6 is 0 Å². The number of nitrogens with zero attached hydrogens (tertiary/aromatic N) is 1. The Balaban J connectivity index is 1.71. The number of carbonyl (C=O) groups excluding carboxylic acids is 1. The van der Waals surface area contributed by atoms with E-state index in [1.54, 1.807) is 4.57 Å². The third-order valence-electron chi connectivity index (χ3n) is 5.37. The Hall–Kier alpha value is -3.66. The van der Waals surface area contributed by atoms with Crippen molar-refractivity contribution in [1.29, 1.82) is 0 Å². The van der Waals surface area contributed by atoms with Gasteiger partial charge in [0.05, 0.1) is 23.7 Å². The second-order valence-corrected chi connectivity index (χ2v) is 7.59. The average Bonchev–Trinajstić information content (AvgIpc) is 2.77. The monoisotopic (exact) mass is 396 g/mol. The van der Waals surface area contributed by atoms with Crippen molar-refractivity contribution >= 4 is 16.8 Å². The summed E-state index contributed by atoms with van der Waals surface area (Å²) in [7, 11) is 0. The van der Waals surface area contributed by atoms with Crippen molar-refractivity contribution in [2.45, 2.75) is 26.4 Å². The molecule has 1 aromatic heterocycles. The number of hydrogen-bond donors (Lipinski definition) is 1. The maximum absolute atomic E-state index is 13.0. The van der Waals surface area contributed by atoms with E-state index in [4.69, 9.17) is 0 Å². The number of carbonyl (C=O) groups is 1. The van der Waals surface area contributed by atoms with Gasteiger partial charge >= 0.3 is 0 Å². The van der Waals surface area contributed by atoms with Gasteiger partial charge in [0.1, 0.15) is 0 Å². The zero-order valence-electron chi connectivity index (χ0n) is 17.1. The summed E-state index contributed by atoms with van der Waals surface area (Å²) in [5, 5.41) is 3.79. The molecule has 0 saturated carbocycles. The highest BCUT2D eigenvalue weighted by atomic mass is 16.2. The first-order chi connectivity index (χ1) is 14.5. The summed E-state index contributed by atoms with van der Waals surface area (Å²) < 4.78 is 1.72. The predicted molar refractivity (Wildman–Crippen MR) is 121 cm³/mol. The number of aromatic nitrogens is 1. The molecule has 0 aliphatic carbocycles. The van der Waals surface area contributed by atoms with Crippen LogP contribution in [0.3, 0.4) is 0 Å². The van der Waals surface area contributed by atoms with E-state index < -0.39 is 0 Å². The summed E-state index contributed by atoms with van der Waals surface area (Å²) in [6.45, 7) is 4.44. The third kappa shape index (κ3) is 4.03. The quantitative estimate of drug-likeness (QED) is 0.524. The number of benzene rings is 3. The number of aryl methyl sites for hydroxylation is 1. The van der Waals surface area contributed by atoms with Crippen LogP contribution in [-0.2, 0) is 6.54 Å². The number of pyridine rings is 1. The van der Waals surface area contributed by atoms with E-state index in [9.17, 15) is 9.59 Å². The first-order valence-electron chi connectivity index (χ1n) is 10.1. The van der Waals surface area contributed by atoms with Crippen LogP contribution in [0, 0.1) is 6.92 Å². The van der Waals surface area contributed by atoms with Crippen LogP contribution in [0.15, 0.2) is 89.7 Å². The Morgan fingerprint density at radius 1 is 0.933 bits per heavy atom. The first kappa shape index (κ1) is 19.6. The molecule has 4 rings (SSSR count). The number of rotatable bonds is 5. The first-order valence-corrected chi connectivity index (χ1v) is 10.1. The SMILES string of the molecule is Cc1ccc(Cn2c(=O)cc(C(=O)NC(C)c3ccccc3)c3ccccc32)cc1. The number of fused-ring (bicyclic) bond motifs is 1. The van der Waals surface area contributed by atoms with Crippen LogP contribution < -0.4 is 10.9 Å². The number of nitrogens with one attached hydrogen (secondary N) is 1. The van der Waals surface area contributed by atoms with Gasteiger partial charge in [0, 0.05) is 11.5 Å². The smallest absolute Gasteiger partial charge is 0.252 e. The molecule has 0 aliphatic rings. The molecular weight excluding hydrogens is 372 g/mol. The Morgan fingerprint density at radius 3 is 2.33 bits per heavy atom. The number of amides is 1. The van der Waals surface area contributed by atoms with Crippen molar-refractivity contribution in [2.24, 2.45) is 0 Å². The van der Waals surface area contributed by atoms with Gasteiger partial charge in [0.15, 0.2) is 0 Å². The molecule has 150 valence electrons. The number of hydrogen-bond acceptors (Lipinski definition) is 2. The predicted octanol–water partition coefficient (Wildman–Crippen LogP) is 4.85. The molecule has 1 atom stereocenters. The van der Waals surface area contributed by atoms with E-state index in [1.807, 2.05) is 92.7 Å². The normalized spacial score (nSPS) is 11.9. The van der Waals surface area contributed by atoms with Gasteiger partial charge in [-0.1, -0.05) is 78.4 Å². The van der Waals surface area contributed by atoms with Crippen molar-refractivity contribution < 1.29 is 4.79 Å². The summed E-state index contributed by atoms with van der Waals surface area (Å²) in [5.41, 5.74) is 4.20. The molecule has 0 saturated heterocycles. The number of para-hydroxylation sites is 1. The lowest BCUT2D eigenvalue weighted by Crippen LogP contribution is -2.29. The molecule has 1 amide bonds. The van der Waals surface area contributed by atoms with Gasteiger partial charge in [-0.3, -0.25) is 9.59 Å². The molecule has 0 bridgehead atoms. The Labute approximate surface area is 175 Å². The Bertz CT molecular complexity index is 1240. The van der Waals surface area contributed by atoms with Crippen molar-refractivity contribution in [2.75, 3.05) is 0 Å². The fourth-order valence-corrected chi connectivity index (χ4v) is 3.66. The van der Waals surface area contributed by atoms with E-state index in [1.165, 1.54) is 11.6 Å². The second kappa shape index (κ2) is 8.37. The van der Waals surface area contributed by atoms with Crippen LogP contribution in [0.25, 0.3) is 10.9 Å². The topological polar surface area (TPSA) is 51.1 Å². The molecule has 30 heavy (non-hydrogen) atoms. The molecule has 1 heterocycles. The minimum atomic E-state index is -0.248. The standard InChI is InChI=1S/C26H24N2O2/c1-18-12-14-20(15-13-18)17-28-24-11-7-6-10-22(24)23(16-25(28)29)26(30)27-19(2)21-8-4-3-5-9-21/h3-16,19H,17H2,1-2H3,(H,27,30). The zero-order chi connectivity index (χ0) is 21.1. The van der Waals surface area contributed by atoms with Gasteiger partial charge < -0.3 is 9.88 Å². The molecule has 0 spiro atoms.